The van der Waals surface area contributed by atoms with Gasteiger partial charge in [-0.2, -0.15) is 0 Å². The van der Waals surface area contributed by atoms with Crippen LogP contribution in [0, 0.1) is 0 Å². The molecule has 1 nitrogen and oxygen atoms in total. The fourth-order valence-electron chi connectivity index (χ4n) is 5.74. The van der Waals surface area contributed by atoms with E-state index in [9.17, 15) is 0 Å². The quantitative estimate of drug-likeness (QED) is 0.143. The van der Waals surface area contributed by atoms with Gasteiger partial charge in [0.15, 0.2) is 18.1 Å². The van der Waals surface area contributed by atoms with Crippen molar-refractivity contribution in [1.82, 2.24) is 0 Å². The van der Waals surface area contributed by atoms with Gasteiger partial charge in [-0.3, -0.25) is 0 Å². The number of hydrogen-bond acceptors (Lipinski definition) is 1. The lowest BCUT2D eigenvalue weighted by atomic mass is 9.89. The highest BCUT2D eigenvalue weighted by Gasteiger charge is 2.42. The minimum atomic E-state index is -1.25. The van der Waals surface area contributed by atoms with Crippen LogP contribution in [0.3, 0.4) is 0 Å². The predicted octanol–water partition coefficient (Wildman–Crippen LogP) is 10.3. The molecule has 0 N–H and O–H groups in total. The fourth-order valence-corrected chi connectivity index (χ4v) is 14.2. The van der Waals surface area contributed by atoms with E-state index in [2.05, 4.69) is 54.6 Å². The van der Waals surface area contributed by atoms with E-state index >= 15 is 0 Å². The average Bonchev–Trinajstić information content (AvgIpc) is 2.78. The standard InChI is InChI=1S/C28H62OSi2/c1-9-15-21-27(22-16-10-2,23-17-11-3)30(7)29-31(8)28(24-18-12-4,25-19-13-5)26-20-14-6/h30-31H,9-26H2,1-8H3. The van der Waals surface area contributed by atoms with Crippen molar-refractivity contribution in [2.24, 2.45) is 0 Å². The Morgan fingerprint density at radius 2 is 0.613 bits per heavy atom. The first-order chi connectivity index (χ1) is 14.9. The molecule has 0 spiro atoms. The Hall–Kier alpha value is 0.394. The van der Waals surface area contributed by atoms with Crippen molar-refractivity contribution in [2.75, 3.05) is 0 Å². The van der Waals surface area contributed by atoms with Crippen LogP contribution in [0.2, 0.25) is 23.2 Å². The minimum absolute atomic E-state index is 0.551. The normalized spacial score (nSPS) is 14.7. The van der Waals surface area contributed by atoms with Gasteiger partial charge in [0, 0.05) is 0 Å². The van der Waals surface area contributed by atoms with Crippen LogP contribution >= 0.6 is 0 Å². The maximum Gasteiger partial charge on any atom is 0.166 e. The summed E-state index contributed by atoms with van der Waals surface area (Å²) in [4.78, 5) is 0. The lowest BCUT2D eigenvalue weighted by Crippen LogP contribution is -2.43. The van der Waals surface area contributed by atoms with Gasteiger partial charge in [-0.25, -0.2) is 0 Å². The number of unbranched alkanes of at least 4 members (excludes halogenated alkanes) is 6. The van der Waals surface area contributed by atoms with E-state index in [4.69, 9.17) is 4.12 Å². The van der Waals surface area contributed by atoms with Crippen molar-refractivity contribution in [3.63, 3.8) is 0 Å². The van der Waals surface area contributed by atoms with Crippen LogP contribution in [0.15, 0.2) is 0 Å². The van der Waals surface area contributed by atoms with E-state index in [1.165, 1.54) is 116 Å². The van der Waals surface area contributed by atoms with Crippen LogP contribution in [0.4, 0.5) is 0 Å². The predicted molar refractivity (Wildman–Crippen MR) is 150 cm³/mol. The zero-order valence-corrected chi connectivity index (χ0v) is 25.6. The van der Waals surface area contributed by atoms with E-state index in [0.717, 1.165) is 0 Å². The highest BCUT2D eigenvalue weighted by molar-refractivity contribution is 6.68. The summed E-state index contributed by atoms with van der Waals surface area (Å²) in [5.41, 5.74) is 0. The van der Waals surface area contributed by atoms with Crippen LogP contribution in [-0.4, -0.2) is 18.1 Å². The van der Waals surface area contributed by atoms with Gasteiger partial charge < -0.3 is 4.12 Å². The highest BCUT2D eigenvalue weighted by Crippen LogP contribution is 2.51. The Morgan fingerprint density at radius 3 is 0.774 bits per heavy atom. The Bertz CT molecular complexity index is 319. The Morgan fingerprint density at radius 1 is 0.419 bits per heavy atom. The van der Waals surface area contributed by atoms with E-state index < -0.39 is 18.1 Å². The van der Waals surface area contributed by atoms with E-state index in [1.54, 1.807) is 0 Å². The van der Waals surface area contributed by atoms with Gasteiger partial charge in [0.2, 0.25) is 0 Å². The van der Waals surface area contributed by atoms with Crippen molar-refractivity contribution < 1.29 is 4.12 Å². The Balaban J connectivity index is 5.74. The zero-order valence-electron chi connectivity index (χ0n) is 23.3. The summed E-state index contributed by atoms with van der Waals surface area (Å²) in [7, 11) is -2.49. The first-order valence-corrected chi connectivity index (χ1v) is 19.0. The molecule has 0 heterocycles. The van der Waals surface area contributed by atoms with Crippen molar-refractivity contribution in [2.45, 2.75) is 180 Å². The van der Waals surface area contributed by atoms with Gasteiger partial charge in [-0.1, -0.05) is 119 Å². The molecule has 0 aliphatic rings. The Labute approximate surface area is 202 Å². The third-order valence-electron chi connectivity index (χ3n) is 8.30. The van der Waals surface area contributed by atoms with Gasteiger partial charge in [0.1, 0.15) is 0 Å². The molecule has 0 bridgehead atoms. The molecule has 0 amide bonds. The van der Waals surface area contributed by atoms with Gasteiger partial charge in [-0.05, 0) is 61.7 Å². The molecule has 0 fully saturated rings. The van der Waals surface area contributed by atoms with Gasteiger partial charge in [0.05, 0.1) is 0 Å². The minimum Gasteiger partial charge on any atom is -0.459 e. The molecule has 2 unspecified atom stereocenters. The molecule has 188 valence electrons. The summed E-state index contributed by atoms with van der Waals surface area (Å²) in [5.74, 6) is 0. The van der Waals surface area contributed by atoms with Crippen molar-refractivity contribution >= 4 is 18.1 Å². The molecular weight excluding hydrogens is 408 g/mol. The van der Waals surface area contributed by atoms with Crippen LogP contribution < -0.4 is 0 Å². The van der Waals surface area contributed by atoms with Crippen LogP contribution in [-0.2, 0) is 4.12 Å². The van der Waals surface area contributed by atoms with Crippen molar-refractivity contribution in [3.05, 3.63) is 0 Å². The second-order valence-electron chi connectivity index (χ2n) is 10.8. The monoisotopic (exact) mass is 470 g/mol. The molecule has 0 saturated carbocycles. The zero-order chi connectivity index (χ0) is 23.6. The number of rotatable bonds is 22. The van der Waals surface area contributed by atoms with Gasteiger partial charge >= 0.3 is 0 Å². The summed E-state index contributed by atoms with van der Waals surface area (Å²) in [5, 5.41) is 1.10. The van der Waals surface area contributed by atoms with Crippen LogP contribution in [0.5, 0.6) is 0 Å². The van der Waals surface area contributed by atoms with Crippen LogP contribution in [0.1, 0.15) is 157 Å². The summed E-state index contributed by atoms with van der Waals surface area (Å²) < 4.78 is 7.44. The largest absolute Gasteiger partial charge is 0.459 e. The summed E-state index contributed by atoms with van der Waals surface area (Å²) in [6.07, 6.45) is 25.0. The van der Waals surface area contributed by atoms with Crippen molar-refractivity contribution in [1.29, 1.82) is 0 Å². The summed E-state index contributed by atoms with van der Waals surface area (Å²) in [6, 6.07) is 0. The molecule has 31 heavy (non-hydrogen) atoms. The molecule has 0 rings (SSSR count). The SMILES string of the molecule is CCCCC(CCCC)(CCCC)[SiH](C)O[SiH](C)C(CCCC)(CCCC)CCCC. The van der Waals surface area contributed by atoms with Crippen LogP contribution in [0.25, 0.3) is 0 Å². The molecular formula is C28H62OSi2. The molecule has 0 saturated heterocycles. The first-order valence-electron chi connectivity index (χ1n) is 14.6. The molecule has 0 aromatic carbocycles. The smallest absolute Gasteiger partial charge is 0.166 e. The molecule has 2 atom stereocenters. The second kappa shape index (κ2) is 18.8. The molecule has 0 aromatic rings. The second-order valence-corrected chi connectivity index (χ2v) is 16.9. The highest BCUT2D eigenvalue weighted by atomic mass is 28.4. The summed E-state index contributed by atoms with van der Waals surface area (Å²) in [6.45, 7) is 19.5. The van der Waals surface area contributed by atoms with E-state index in [-0.39, 0.29) is 0 Å². The third kappa shape index (κ3) is 11.4. The average molecular weight is 471 g/mol. The van der Waals surface area contributed by atoms with Gasteiger partial charge in [0.25, 0.3) is 0 Å². The first kappa shape index (κ1) is 31.4. The van der Waals surface area contributed by atoms with E-state index in [0.29, 0.717) is 10.1 Å². The maximum absolute atomic E-state index is 7.44. The van der Waals surface area contributed by atoms with Crippen molar-refractivity contribution in [3.8, 4) is 0 Å². The topological polar surface area (TPSA) is 9.23 Å². The molecule has 0 aliphatic heterocycles. The van der Waals surface area contributed by atoms with E-state index in [1.807, 2.05) is 0 Å². The molecule has 0 aromatic heterocycles. The molecule has 0 radical (unpaired) electrons. The van der Waals surface area contributed by atoms with Gasteiger partial charge in [-0.15, -0.1) is 0 Å². The molecule has 0 aliphatic carbocycles. The summed E-state index contributed by atoms with van der Waals surface area (Å²) >= 11 is 0. The maximum atomic E-state index is 7.44. The fraction of sp³-hybridized carbons (Fsp3) is 1.00. The lowest BCUT2D eigenvalue weighted by Gasteiger charge is -2.45. The molecule has 3 heteroatoms. The third-order valence-corrected chi connectivity index (χ3v) is 16.7. The number of hydrogen-bond donors (Lipinski definition) is 0. The lowest BCUT2D eigenvalue weighted by molar-refractivity contribution is 0.330. The Kier molecular flexibility index (Phi) is 19.0.